The van der Waals surface area contributed by atoms with Gasteiger partial charge in [-0.05, 0) is 38.2 Å². The average Bonchev–Trinajstić information content (AvgIpc) is 3.05. The fraction of sp³-hybridized carbons (Fsp3) is 0.840. The zero-order valence-corrected chi connectivity index (χ0v) is 19.6. The van der Waals surface area contributed by atoms with Crippen LogP contribution in [0.5, 0.6) is 0 Å². The van der Waals surface area contributed by atoms with Crippen molar-refractivity contribution >= 4 is 11.8 Å². The van der Waals surface area contributed by atoms with E-state index in [1.54, 1.807) is 0 Å². The second kappa shape index (κ2) is 13.1. The molecule has 1 N–H and O–H groups in total. The molecule has 0 saturated carbocycles. The fourth-order valence-electron chi connectivity index (χ4n) is 5.08. The normalized spacial score (nSPS) is 20.6. The Bertz CT molecular complexity index is 575. The maximum atomic E-state index is 4.88. The molecule has 0 amide bonds. The summed E-state index contributed by atoms with van der Waals surface area (Å²) in [5, 5.41) is 3.66. The molecule has 2 aliphatic rings. The molecule has 5 nitrogen and oxygen atoms in total. The van der Waals surface area contributed by atoms with E-state index >= 15 is 0 Å². The highest BCUT2D eigenvalue weighted by Gasteiger charge is 2.28. The lowest BCUT2D eigenvalue weighted by Gasteiger charge is -2.28. The molecule has 0 radical (unpaired) electrons. The minimum atomic E-state index is 0.476. The first kappa shape index (κ1) is 23.3. The summed E-state index contributed by atoms with van der Waals surface area (Å²) in [7, 11) is 0. The minimum Gasteiger partial charge on any atom is -0.356 e. The molecule has 0 aliphatic carbocycles. The van der Waals surface area contributed by atoms with Gasteiger partial charge >= 0.3 is 0 Å². The summed E-state index contributed by atoms with van der Waals surface area (Å²) in [6.07, 6.45) is 19.3. The van der Waals surface area contributed by atoms with Crippen LogP contribution in [0.4, 0.5) is 11.8 Å². The van der Waals surface area contributed by atoms with E-state index in [-0.39, 0.29) is 0 Å². The highest BCUT2D eigenvalue weighted by molar-refractivity contribution is 5.43. The molecule has 1 aromatic heterocycles. The molecular weight excluding hydrogens is 370 g/mol. The molecule has 5 heteroatoms. The van der Waals surface area contributed by atoms with Gasteiger partial charge in [0, 0.05) is 44.5 Å². The van der Waals surface area contributed by atoms with E-state index < -0.39 is 0 Å². The van der Waals surface area contributed by atoms with Crippen molar-refractivity contribution in [2.75, 3.05) is 36.4 Å². The van der Waals surface area contributed by atoms with E-state index in [2.05, 4.69) is 40.0 Å². The Morgan fingerprint density at radius 2 is 1.67 bits per heavy atom. The van der Waals surface area contributed by atoms with Crippen LogP contribution in [0.2, 0.25) is 0 Å². The number of hydrogen-bond acceptors (Lipinski definition) is 5. The molecule has 1 aromatic rings. The summed E-state index contributed by atoms with van der Waals surface area (Å²) in [5.74, 6) is 1.92. The molecule has 2 saturated heterocycles. The van der Waals surface area contributed by atoms with Gasteiger partial charge in [-0.25, -0.2) is 4.98 Å². The number of hydrogen-bond donors (Lipinski definition) is 1. The van der Waals surface area contributed by atoms with Crippen molar-refractivity contribution in [3.05, 3.63) is 12.3 Å². The highest BCUT2D eigenvalue weighted by Crippen LogP contribution is 2.24. The van der Waals surface area contributed by atoms with Gasteiger partial charge in [0.1, 0.15) is 5.82 Å². The molecule has 170 valence electrons. The molecule has 0 spiro atoms. The molecule has 1 unspecified atom stereocenters. The van der Waals surface area contributed by atoms with Gasteiger partial charge in [0.15, 0.2) is 0 Å². The van der Waals surface area contributed by atoms with Crippen LogP contribution in [-0.2, 0) is 0 Å². The molecule has 1 atom stereocenters. The van der Waals surface area contributed by atoms with E-state index in [0.29, 0.717) is 6.04 Å². The number of aromatic nitrogens is 2. The van der Waals surface area contributed by atoms with Crippen LogP contribution in [0.15, 0.2) is 12.3 Å². The lowest BCUT2D eigenvalue weighted by molar-refractivity contribution is 0.208. The van der Waals surface area contributed by atoms with E-state index in [0.717, 1.165) is 37.4 Å². The SMILES string of the molecule is CCCCCC(CCCCC)N1CCC(Nc2nccc(N3CCCCCC3)n2)C1. The first-order valence-electron chi connectivity index (χ1n) is 12.9. The van der Waals surface area contributed by atoms with Crippen LogP contribution >= 0.6 is 0 Å². The van der Waals surface area contributed by atoms with E-state index in [1.165, 1.54) is 90.0 Å². The smallest absolute Gasteiger partial charge is 0.224 e. The van der Waals surface area contributed by atoms with Crippen LogP contribution in [-0.4, -0.2) is 53.1 Å². The Kier molecular flexibility index (Phi) is 10.2. The number of nitrogens with zero attached hydrogens (tertiary/aromatic N) is 4. The summed E-state index contributed by atoms with van der Waals surface area (Å²) < 4.78 is 0. The number of anilines is 2. The third-order valence-electron chi connectivity index (χ3n) is 6.92. The first-order chi connectivity index (χ1) is 14.8. The van der Waals surface area contributed by atoms with Crippen molar-refractivity contribution in [3.8, 4) is 0 Å². The van der Waals surface area contributed by atoms with Gasteiger partial charge < -0.3 is 10.2 Å². The number of rotatable bonds is 12. The third kappa shape index (κ3) is 7.40. The number of unbranched alkanes of at least 4 members (excludes halogenated alkanes) is 4. The van der Waals surface area contributed by atoms with Gasteiger partial charge in [0.25, 0.3) is 0 Å². The summed E-state index contributed by atoms with van der Waals surface area (Å²) in [6, 6.07) is 3.32. The predicted octanol–water partition coefficient (Wildman–Crippen LogP) is 5.87. The lowest BCUT2D eigenvalue weighted by atomic mass is 10.0. The van der Waals surface area contributed by atoms with Gasteiger partial charge in [0.2, 0.25) is 5.95 Å². The molecule has 2 aliphatic heterocycles. The zero-order chi connectivity index (χ0) is 21.0. The van der Waals surface area contributed by atoms with Crippen molar-refractivity contribution in [1.29, 1.82) is 0 Å². The van der Waals surface area contributed by atoms with Gasteiger partial charge in [-0.15, -0.1) is 0 Å². The molecular formula is C25H45N5. The second-order valence-electron chi connectivity index (χ2n) is 9.41. The van der Waals surface area contributed by atoms with Gasteiger partial charge in [-0.2, -0.15) is 4.98 Å². The maximum Gasteiger partial charge on any atom is 0.224 e. The monoisotopic (exact) mass is 415 g/mol. The van der Waals surface area contributed by atoms with E-state index in [1.807, 2.05) is 6.20 Å². The Morgan fingerprint density at radius 1 is 0.967 bits per heavy atom. The molecule has 0 aromatic carbocycles. The highest BCUT2D eigenvalue weighted by atomic mass is 15.3. The summed E-state index contributed by atoms with van der Waals surface area (Å²) >= 11 is 0. The maximum absolute atomic E-state index is 4.88. The van der Waals surface area contributed by atoms with E-state index in [4.69, 9.17) is 4.98 Å². The van der Waals surface area contributed by atoms with Crippen molar-refractivity contribution in [2.45, 2.75) is 109 Å². The Balaban J connectivity index is 1.53. The minimum absolute atomic E-state index is 0.476. The van der Waals surface area contributed by atoms with Crippen LogP contribution in [0, 0.1) is 0 Å². The summed E-state index contributed by atoms with van der Waals surface area (Å²) in [5.41, 5.74) is 0. The van der Waals surface area contributed by atoms with Gasteiger partial charge in [0.05, 0.1) is 0 Å². The number of likely N-dealkylation sites (tertiary alicyclic amines) is 1. The Hall–Kier alpha value is -1.36. The van der Waals surface area contributed by atoms with Crippen LogP contribution in [0.25, 0.3) is 0 Å². The fourth-order valence-corrected chi connectivity index (χ4v) is 5.08. The average molecular weight is 416 g/mol. The quantitative estimate of drug-likeness (QED) is 0.432. The standard InChI is InChI=1S/C25H45N5/c1-3-5-9-13-23(14-10-6-4-2)30-20-16-22(21-30)27-25-26-17-15-24(28-25)29-18-11-7-8-12-19-29/h15,17,22-23H,3-14,16,18-21H2,1-2H3,(H,26,27,28). The van der Waals surface area contributed by atoms with Crippen molar-refractivity contribution in [2.24, 2.45) is 0 Å². The van der Waals surface area contributed by atoms with Crippen molar-refractivity contribution in [1.82, 2.24) is 14.9 Å². The van der Waals surface area contributed by atoms with Crippen LogP contribution in [0.1, 0.15) is 97.3 Å². The first-order valence-corrected chi connectivity index (χ1v) is 12.9. The Morgan fingerprint density at radius 3 is 2.33 bits per heavy atom. The lowest BCUT2D eigenvalue weighted by Crippen LogP contribution is -2.35. The predicted molar refractivity (Wildman–Crippen MR) is 128 cm³/mol. The third-order valence-corrected chi connectivity index (χ3v) is 6.92. The summed E-state index contributed by atoms with van der Waals surface area (Å²) in [4.78, 5) is 14.6. The topological polar surface area (TPSA) is 44.3 Å². The van der Waals surface area contributed by atoms with Gasteiger partial charge in [-0.1, -0.05) is 65.2 Å². The second-order valence-corrected chi connectivity index (χ2v) is 9.41. The molecule has 30 heavy (non-hydrogen) atoms. The zero-order valence-electron chi connectivity index (χ0n) is 19.6. The largest absolute Gasteiger partial charge is 0.356 e. The van der Waals surface area contributed by atoms with Crippen molar-refractivity contribution < 1.29 is 0 Å². The van der Waals surface area contributed by atoms with Gasteiger partial charge in [-0.3, -0.25) is 4.90 Å². The molecule has 3 heterocycles. The Labute approximate surface area is 185 Å². The van der Waals surface area contributed by atoms with E-state index in [9.17, 15) is 0 Å². The van der Waals surface area contributed by atoms with Crippen LogP contribution in [0.3, 0.4) is 0 Å². The molecule has 3 rings (SSSR count). The molecule has 0 bridgehead atoms. The number of nitrogens with one attached hydrogen (secondary N) is 1. The molecule has 2 fully saturated rings. The summed E-state index contributed by atoms with van der Waals surface area (Å²) in [6.45, 7) is 9.23. The van der Waals surface area contributed by atoms with Crippen molar-refractivity contribution in [3.63, 3.8) is 0 Å². The van der Waals surface area contributed by atoms with Crippen LogP contribution < -0.4 is 10.2 Å².